The van der Waals surface area contributed by atoms with Crippen LogP contribution in [0.25, 0.3) is 27.8 Å². The lowest BCUT2D eigenvalue weighted by Crippen LogP contribution is -2.26. The van der Waals surface area contributed by atoms with Gasteiger partial charge in [-0.15, -0.1) is 0 Å². The van der Waals surface area contributed by atoms with Crippen molar-refractivity contribution in [1.82, 2.24) is 29.5 Å². The van der Waals surface area contributed by atoms with Crippen molar-refractivity contribution in [2.75, 3.05) is 11.1 Å². The highest BCUT2D eigenvalue weighted by atomic mass is 19.1. The zero-order valence-electron chi connectivity index (χ0n) is 16.7. The second kappa shape index (κ2) is 7.38. The lowest BCUT2D eigenvalue weighted by molar-refractivity contribution is 0.580. The van der Waals surface area contributed by atoms with Gasteiger partial charge in [-0.2, -0.15) is 9.97 Å². The molecule has 0 bridgehead atoms. The molecule has 32 heavy (non-hydrogen) atoms. The number of nitrogen functional groups attached to an aromatic ring is 1. The maximum absolute atomic E-state index is 14.0. The predicted octanol–water partition coefficient (Wildman–Crippen LogP) is 2.83. The molecule has 0 aliphatic heterocycles. The smallest absolute Gasteiger partial charge is 0.266 e. The largest absolute Gasteiger partial charge is 0.368 e. The van der Waals surface area contributed by atoms with Gasteiger partial charge in [0.05, 0.1) is 29.5 Å². The van der Waals surface area contributed by atoms with E-state index in [4.69, 9.17) is 5.73 Å². The molecular formula is C21H16F2N8O. The molecular weight excluding hydrogens is 418 g/mol. The molecule has 0 radical (unpaired) electrons. The number of halogens is 2. The summed E-state index contributed by atoms with van der Waals surface area (Å²) in [6, 6.07) is 8.17. The Bertz CT molecular complexity index is 1540. The van der Waals surface area contributed by atoms with Crippen LogP contribution < -0.4 is 16.6 Å². The molecule has 2 aromatic carbocycles. The Balaban J connectivity index is 1.69. The van der Waals surface area contributed by atoms with Crippen LogP contribution in [0.15, 0.2) is 47.5 Å². The van der Waals surface area contributed by atoms with E-state index in [9.17, 15) is 13.6 Å². The average Bonchev–Trinajstić information content (AvgIpc) is 3.19. The number of nitrogens with zero attached hydrogens (tertiary/aromatic N) is 5. The maximum atomic E-state index is 14.0. The van der Waals surface area contributed by atoms with Gasteiger partial charge in [0.25, 0.3) is 5.56 Å². The fourth-order valence-corrected chi connectivity index (χ4v) is 3.64. The first-order valence-corrected chi connectivity index (χ1v) is 9.59. The SMILES string of the molecule is Cc1cccc2nc(CNc3nc(N)nc4nc[nH]c34)n(-c3cc(F)cc(F)c3)c(=O)c12. The molecule has 0 atom stereocenters. The van der Waals surface area contributed by atoms with Gasteiger partial charge in [0.1, 0.15) is 23.0 Å². The molecule has 0 saturated carbocycles. The van der Waals surface area contributed by atoms with Crippen LogP contribution in [-0.2, 0) is 6.54 Å². The van der Waals surface area contributed by atoms with Gasteiger partial charge in [-0.25, -0.2) is 18.7 Å². The minimum absolute atomic E-state index is 0.00181. The number of hydrogen-bond acceptors (Lipinski definition) is 7. The van der Waals surface area contributed by atoms with Crippen LogP contribution in [0.1, 0.15) is 11.4 Å². The van der Waals surface area contributed by atoms with Gasteiger partial charge >= 0.3 is 0 Å². The van der Waals surface area contributed by atoms with Crippen LogP contribution in [-0.4, -0.2) is 29.5 Å². The Kier molecular flexibility index (Phi) is 4.51. The number of benzene rings is 2. The third-order valence-corrected chi connectivity index (χ3v) is 5.00. The van der Waals surface area contributed by atoms with E-state index < -0.39 is 17.2 Å². The average molecular weight is 434 g/mol. The molecule has 4 N–H and O–H groups in total. The molecule has 11 heteroatoms. The van der Waals surface area contributed by atoms with Crippen molar-refractivity contribution >= 4 is 33.8 Å². The highest BCUT2D eigenvalue weighted by Gasteiger charge is 2.17. The van der Waals surface area contributed by atoms with Gasteiger partial charge in [0.2, 0.25) is 5.95 Å². The topological polar surface area (TPSA) is 127 Å². The molecule has 3 aromatic heterocycles. The summed E-state index contributed by atoms with van der Waals surface area (Å²) in [5, 5.41) is 3.43. The van der Waals surface area contributed by atoms with E-state index in [1.807, 2.05) is 0 Å². The van der Waals surface area contributed by atoms with E-state index in [0.717, 1.165) is 18.2 Å². The Morgan fingerprint density at radius 2 is 1.91 bits per heavy atom. The summed E-state index contributed by atoms with van der Waals surface area (Å²) in [4.78, 5) is 33.2. The number of nitrogens with one attached hydrogen (secondary N) is 2. The zero-order chi connectivity index (χ0) is 22.4. The van der Waals surface area contributed by atoms with E-state index in [0.29, 0.717) is 33.4 Å². The summed E-state index contributed by atoms with van der Waals surface area (Å²) in [5.41, 5.74) is 7.39. The summed E-state index contributed by atoms with van der Waals surface area (Å²) in [7, 11) is 0. The summed E-state index contributed by atoms with van der Waals surface area (Å²) in [5.74, 6) is -1.03. The first kappa shape index (κ1) is 19.5. The molecule has 0 amide bonds. The number of rotatable bonds is 4. The number of hydrogen-bond donors (Lipinski definition) is 3. The van der Waals surface area contributed by atoms with Crippen LogP contribution >= 0.6 is 0 Å². The molecule has 0 aliphatic carbocycles. The third-order valence-electron chi connectivity index (χ3n) is 5.00. The highest BCUT2D eigenvalue weighted by Crippen LogP contribution is 2.21. The van der Waals surface area contributed by atoms with E-state index in [2.05, 4.69) is 30.2 Å². The van der Waals surface area contributed by atoms with Crippen LogP contribution in [0.2, 0.25) is 0 Å². The van der Waals surface area contributed by atoms with Crippen LogP contribution in [0.3, 0.4) is 0 Å². The number of H-pyrrole nitrogens is 1. The second-order valence-corrected chi connectivity index (χ2v) is 7.15. The lowest BCUT2D eigenvalue weighted by Gasteiger charge is -2.16. The Morgan fingerprint density at radius 3 is 2.69 bits per heavy atom. The number of anilines is 2. The van der Waals surface area contributed by atoms with Gasteiger partial charge in [0, 0.05) is 6.07 Å². The number of aromatic amines is 1. The molecule has 3 heterocycles. The summed E-state index contributed by atoms with van der Waals surface area (Å²) in [6.07, 6.45) is 1.45. The fraction of sp³-hybridized carbons (Fsp3) is 0.0952. The van der Waals surface area contributed by atoms with E-state index in [1.54, 1.807) is 25.1 Å². The van der Waals surface area contributed by atoms with Crippen molar-refractivity contribution in [1.29, 1.82) is 0 Å². The summed E-state index contributed by atoms with van der Waals surface area (Å²) >= 11 is 0. The predicted molar refractivity (Wildman–Crippen MR) is 115 cm³/mol. The number of nitrogens with two attached hydrogens (primary N) is 1. The molecule has 0 unspecified atom stereocenters. The van der Waals surface area contributed by atoms with Gasteiger partial charge in [-0.3, -0.25) is 9.36 Å². The van der Waals surface area contributed by atoms with Gasteiger partial charge < -0.3 is 16.0 Å². The quantitative estimate of drug-likeness (QED) is 0.397. The minimum Gasteiger partial charge on any atom is -0.368 e. The van der Waals surface area contributed by atoms with Crippen molar-refractivity contribution in [3.63, 3.8) is 0 Å². The zero-order valence-corrected chi connectivity index (χ0v) is 16.7. The van der Waals surface area contributed by atoms with Crippen LogP contribution in [0.4, 0.5) is 20.5 Å². The van der Waals surface area contributed by atoms with E-state index in [-0.39, 0.29) is 24.0 Å². The third kappa shape index (κ3) is 3.29. The summed E-state index contributed by atoms with van der Waals surface area (Å²) < 4.78 is 29.1. The first-order valence-electron chi connectivity index (χ1n) is 9.59. The van der Waals surface area contributed by atoms with Crippen molar-refractivity contribution < 1.29 is 8.78 Å². The number of imidazole rings is 1. The van der Waals surface area contributed by atoms with Gasteiger partial charge in [0.15, 0.2) is 11.5 Å². The van der Waals surface area contributed by atoms with Crippen molar-refractivity contribution in [3.8, 4) is 5.69 Å². The fourth-order valence-electron chi connectivity index (χ4n) is 3.64. The van der Waals surface area contributed by atoms with Crippen molar-refractivity contribution in [2.45, 2.75) is 13.5 Å². The number of aryl methyl sites for hydroxylation is 1. The second-order valence-electron chi connectivity index (χ2n) is 7.15. The van der Waals surface area contributed by atoms with Gasteiger partial charge in [-0.05, 0) is 30.7 Å². The van der Waals surface area contributed by atoms with E-state index >= 15 is 0 Å². The molecule has 0 spiro atoms. The van der Waals surface area contributed by atoms with Crippen molar-refractivity contribution in [2.24, 2.45) is 0 Å². The maximum Gasteiger partial charge on any atom is 0.266 e. The van der Waals surface area contributed by atoms with E-state index in [1.165, 1.54) is 10.9 Å². The molecule has 5 aromatic rings. The first-order chi connectivity index (χ1) is 15.4. The lowest BCUT2D eigenvalue weighted by atomic mass is 10.1. The van der Waals surface area contributed by atoms with Gasteiger partial charge in [-0.1, -0.05) is 12.1 Å². The molecule has 0 aliphatic rings. The van der Waals surface area contributed by atoms with Crippen LogP contribution in [0.5, 0.6) is 0 Å². The molecule has 0 fully saturated rings. The molecule has 9 nitrogen and oxygen atoms in total. The number of fused-ring (bicyclic) bond motifs is 2. The molecule has 5 rings (SSSR count). The number of aromatic nitrogens is 6. The standard InChI is InChI=1S/C21H16F2N8O/c1-10-3-2-4-14-16(10)20(32)31(13-6-11(22)5-12(23)7-13)15(28-14)8-25-18-17-19(27-9-26-17)30-21(24)29-18/h2-7,9H,8H2,1H3,(H4,24,25,26,27,29,30). The monoisotopic (exact) mass is 434 g/mol. The Hall–Kier alpha value is -4.41. The van der Waals surface area contributed by atoms with Crippen LogP contribution in [0, 0.1) is 18.6 Å². The highest BCUT2D eigenvalue weighted by molar-refractivity contribution is 5.84. The molecule has 0 saturated heterocycles. The van der Waals surface area contributed by atoms with Crippen molar-refractivity contribution in [3.05, 3.63) is 76.1 Å². The molecule has 160 valence electrons. The minimum atomic E-state index is -0.807. The Morgan fingerprint density at radius 1 is 1.12 bits per heavy atom. The Labute approximate surface area is 179 Å². The normalized spacial score (nSPS) is 11.3. The summed E-state index contributed by atoms with van der Waals surface area (Å²) in [6.45, 7) is 1.78.